The number of β-amino-alcohol motifs (C(OH)–C–C–N with tert-alkyl or cyclic N) is 1. The number of amides is 3. The molecule has 5 rings (SSSR count). The fourth-order valence-electron chi connectivity index (χ4n) is 6.26. The molecule has 0 aromatic heterocycles. The number of carbonyl (C=O) groups is 3. The van der Waals surface area contributed by atoms with Gasteiger partial charge in [0.15, 0.2) is 0 Å². The lowest BCUT2D eigenvalue weighted by Crippen LogP contribution is -2.56. The van der Waals surface area contributed by atoms with Gasteiger partial charge in [0.1, 0.15) is 11.6 Å². The molecule has 5 atom stereocenters. The molecule has 4 aliphatic rings. The molecule has 4 fully saturated rings. The number of ether oxygens (including phenoxy) is 2. The van der Waals surface area contributed by atoms with Crippen LogP contribution in [0.4, 0.5) is 0 Å². The number of morpholine rings is 1. The molecule has 35 heavy (non-hydrogen) atoms. The molecule has 1 aromatic rings. The first-order valence-corrected chi connectivity index (χ1v) is 12.5. The van der Waals surface area contributed by atoms with Crippen LogP contribution in [-0.4, -0.2) is 103 Å². The zero-order valence-electron chi connectivity index (χ0n) is 19.9. The quantitative estimate of drug-likeness (QED) is 0.415. The van der Waals surface area contributed by atoms with Crippen LogP contribution in [0.1, 0.15) is 18.4 Å². The largest absolute Gasteiger partial charge is 0.395 e. The Balaban J connectivity index is 1.29. The predicted octanol–water partition coefficient (Wildman–Crippen LogP) is -0.882. The number of rotatable bonds is 9. The smallest absolute Gasteiger partial charge is 0.245 e. The van der Waals surface area contributed by atoms with Gasteiger partial charge in [-0.3, -0.25) is 19.3 Å². The number of likely N-dealkylation sites (tertiary alicyclic amines) is 1. The van der Waals surface area contributed by atoms with E-state index in [-0.39, 0.29) is 37.0 Å². The summed E-state index contributed by atoms with van der Waals surface area (Å²) in [6.45, 7) is 4.29. The summed E-state index contributed by atoms with van der Waals surface area (Å²) in [5.41, 5.74) is -0.0637. The van der Waals surface area contributed by atoms with Gasteiger partial charge in [-0.15, -0.1) is 0 Å². The zero-order chi connectivity index (χ0) is 24.4. The highest BCUT2D eigenvalue weighted by Crippen LogP contribution is 2.58. The number of aliphatic hydroxyl groups is 1. The van der Waals surface area contributed by atoms with Gasteiger partial charge in [-0.25, -0.2) is 0 Å². The van der Waals surface area contributed by atoms with Gasteiger partial charge in [0.05, 0.1) is 37.8 Å². The first kappa shape index (κ1) is 24.2. The molecule has 4 aliphatic heterocycles. The van der Waals surface area contributed by atoms with Crippen molar-refractivity contribution < 1.29 is 29.0 Å². The number of aliphatic hydroxyl groups excluding tert-OH is 1. The Morgan fingerprint density at radius 2 is 1.86 bits per heavy atom. The van der Waals surface area contributed by atoms with Gasteiger partial charge in [0.25, 0.3) is 0 Å². The Bertz CT molecular complexity index is 939. The number of nitrogens with zero attached hydrogens (tertiary/aromatic N) is 2. The number of carbonyl (C=O) groups excluding carboxylic acids is 3. The van der Waals surface area contributed by atoms with Crippen LogP contribution >= 0.6 is 0 Å². The van der Waals surface area contributed by atoms with E-state index in [2.05, 4.69) is 15.5 Å². The third-order valence-corrected chi connectivity index (χ3v) is 7.83. The van der Waals surface area contributed by atoms with Crippen molar-refractivity contribution in [2.45, 2.75) is 37.1 Å². The molecule has 3 N–H and O–H groups in total. The third-order valence-electron chi connectivity index (χ3n) is 7.83. The molecule has 1 spiro atoms. The normalized spacial score (nSPS) is 32.0. The first-order valence-electron chi connectivity index (χ1n) is 12.5. The minimum Gasteiger partial charge on any atom is -0.395 e. The van der Waals surface area contributed by atoms with Crippen molar-refractivity contribution in [1.29, 1.82) is 0 Å². The zero-order valence-corrected chi connectivity index (χ0v) is 19.9. The van der Waals surface area contributed by atoms with Crippen LogP contribution in [0.3, 0.4) is 0 Å². The highest BCUT2D eigenvalue weighted by atomic mass is 16.5. The van der Waals surface area contributed by atoms with E-state index in [4.69, 9.17) is 9.47 Å². The van der Waals surface area contributed by atoms with Gasteiger partial charge < -0.3 is 30.1 Å². The van der Waals surface area contributed by atoms with Crippen LogP contribution in [0.15, 0.2) is 30.3 Å². The van der Waals surface area contributed by atoms with Crippen LogP contribution in [-0.2, 0) is 30.4 Å². The van der Waals surface area contributed by atoms with E-state index >= 15 is 0 Å². The summed E-state index contributed by atoms with van der Waals surface area (Å²) in [7, 11) is 0. The van der Waals surface area contributed by atoms with E-state index in [1.165, 1.54) is 4.90 Å². The summed E-state index contributed by atoms with van der Waals surface area (Å²) >= 11 is 0. The summed E-state index contributed by atoms with van der Waals surface area (Å²) in [5, 5.41) is 15.6. The summed E-state index contributed by atoms with van der Waals surface area (Å²) in [4.78, 5) is 43.9. The maximum Gasteiger partial charge on any atom is 0.245 e. The molecule has 4 heterocycles. The Kier molecular flexibility index (Phi) is 7.06. The lowest BCUT2D eigenvalue weighted by atomic mass is 9.70. The van der Waals surface area contributed by atoms with E-state index < -0.39 is 23.5 Å². The van der Waals surface area contributed by atoms with E-state index in [0.717, 1.165) is 18.7 Å². The van der Waals surface area contributed by atoms with Crippen LogP contribution in [0, 0.1) is 11.8 Å². The molecule has 3 amide bonds. The average molecular weight is 487 g/mol. The second kappa shape index (κ2) is 10.2. The van der Waals surface area contributed by atoms with Crippen molar-refractivity contribution in [1.82, 2.24) is 20.4 Å². The van der Waals surface area contributed by atoms with Crippen molar-refractivity contribution >= 4 is 17.7 Å². The molecule has 190 valence electrons. The molecule has 10 nitrogen and oxygen atoms in total. The molecular formula is C25H34N4O6. The van der Waals surface area contributed by atoms with Crippen molar-refractivity contribution in [3.8, 4) is 0 Å². The maximum absolute atomic E-state index is 13.5. The molecule has 4 saturated heterocycles. The summed E-state index contributed by atoms with van der Waals surface area (Å²) in [6.07, 6.45) is 0.775. The Morgan fingerprint density at radius 1 is 1.09 bits per heavy atom. The van der Waals surface area contributed by atoms with Crippen LogP contribution in [0.5, 0.6) is 0 Å². The minimum absolute atomic E-state index is 0.0328. The van der Waals surface area contributed by atoms with Gasteiger partial charge >= 0.3 is 0 Å². The number of hydrogen-bond donors (Lipinski definition) is 3. The average Bonchev–Trinajstić information content (AvgIpc) is 3.52. The number of fused-ring (bicyclic) bond motifs is 1. The summed E-state index contributed by atoms with van der Waals surface area (Å²) in [6, 6.07) is 8.74. The summed E-state index contributed by atoms with van der Waals surface area (Å²) < 4.78 is 11.7. The molecule has 0 radical (unpaired) electrons. The molecule has 2 unspecified atom stereocenters. The van der Waals surface area contributed by atoms with E-state index in [9.17, 15) is 19.5 Å². The second-order valence-corrected chi connectivity index (χ2v) is 9.76. The highest BCUT2D eigenvalue weighted by Gasteiger charge is 2.74. The van der Waals surface area contributed by atoms with Crippen molar-refractivity contribution in [3.05, 3.63) is 35.9 Å². The lowest BCUT2D eigenvalue weighted by molar-refractivity contribution is -0.142. The van der Waals surface area contributed by atoms with Crippen molar-refractivity contribution in [2.24, 2.45) is 11.8 Å². The van der Waals surface area contributed by atoms with Crippen LogP contribution in [0.25, 0.3) is 0 Å². The molecule has 0 aliphatic carbocycles. The highest BCUT2D eigenvalue weighted by molar-refractivity contribution is 5.98. The number of nitrogens with one attached hydrogen (secondary N) is 2. The Morgan fingerprint density at radius 3 is 2.60 bits per heavy atom. The molecule has 2 bridgehead atoms. The lowest BCUT2D eigenvalue weighted by Gasteiger charge is -2.33. The second-order valence-electron chi connectivity index (χ2n) is 9.76. The van der Waals surface area contributed by atoms with Gasteiger partial charge in [-0.05, 0) is 18.4 Å². The van der Waals surface area contributed by atoms with Crippen molar-refractivity contribution in [2.75, 3.05) is 52.5 Å². The van der Waals surface area contributed by atoms with Gasteiger partial charge in [-0.2, -0.15) is 0 Å². The van der Waals surface area contributed by atoms with E-state index in [1.807, 2.05) is 30.3 Å². The van der Waals surface area contributed by atoms with Crippen molar-refractivity contribution in [3.63, 3.8) is 0 Å². The van der Waals surface area contributed by atoms with E-state index in [0.29, 0.717) is 45.7 Å². The SMILES string of the molecule is O=C(NCCN1CCOCC1)C1N(CCO)C(=O)[C@@H]2[C@@H](C(=O)NCc3ccccc3)[C@H]3CCC12O3. The molecule has 10 heteroatoms. The first-order chi connectivity index (χ1) is 17.0. The van der Waals surface area contributed by atoms with Crippen LogP contribution in [0.2, 0.25) is 0 Å². The minimum atomic E-state index is -1.03. The summed E-state index contributed by atoms with van der Waals surface area (Å²) in [5.74, 6) is -2.16. The fourth-order valence-corrected chi connectivity index (χ4v) is 6.26. The topological polar surface area (TPSA) is 120 Å². The maximum atomic E-state index is 13.5. The number of benzene rings is 1. The molecular weight excluding hydrogens is 452 g/mol. The van der Waals surface area contributed by atoms with Gasteiger partial charge in [0, 0.05) is 39.3 Å². The standard InChI is InChI=1S/C25H34N4O6/c30-13-10-29-21(23(32)26-8-9-28-11-14-34-15-12-28)25-7-6-18(35-25)19(20(25)24(29)33)22(31)27-16-17-4-2-1-3-5-17/h1-5,18-21,30H,6-16H2,(H,26,32)(H,27,31)/t18-,19+,20+,21?,25?/m1/s1. The monoisotopic (exact) mass is 486 g/mol. The van der Waals surface area contributed by atoms with Gasteiger partial charge in [0.2, 0.25) is 17.7 Å². The van der Waals surface area contributed by atoms with Gasteiger partial charge in [-0.1, -0.05) is 30.3 Å². The Labute approximate surface area is 204 Å². The molecule has 1 aromatic carbocycles. The van der Waals surface area contributed by atoms with E-state index in [1.54, 1.807) is 0 Å². The predicted molar refractivity (Wildman–Crippen MR) is 125 cm³/mol. The third kappa shape index (κ3) is 4.44. The Hall–Kier alpha value is -2.53. The fraction of sp³-hybridized carbons (Fsp3) is 0.640. The van der Waals surface area contributed by atoms with Crippen LogP contribution < -0.4 is 10.6 Å². The molecule has 0 saturated carbocycles. The number of hydrogen-bond acceptors (Lipinski definition) is 7.